The van der Waals surface area contributed by atoms with E-state index in [0.29, 0.717) is 0 Å². The number of hydrogen-bond acceptors (Lipinski definition) is 5. The van der Waals surface area contributed by atoms with Crippen LogP contribution in [0.25, 0.3) is 0 Å². The summed E-state index contributed by atoms with van der Waals surface area (Å²) in [5.41, 5.74) is 4.13. The number of hydrazone groups is 1. The van der Waals surface area contributed by atoms with Crippen molar-refractivity contribution < 1.29 is 10.4 Å². The smallest absolute Gasteiger partial charge is 0.142 e. The number of nitrogens with two attached hydrogens (primary N) is 1. The molecule has 6 nitrogen and oxygen atoms in total. The lowest BCUT2D eigenvalue weighted by molar-refractivity contribution is -0.557. The molecule has 0 unspecified atom stereocenters. The van der Waals surface area contributed by atoms with Crippen LogP contribution in [0.1, 0.15) is 18.9 Å². The Hall–Kier alpha value is -2.21. The molecule has 0 aromatic heterocycles. The van der Waals surface area contributed by atoms with Crippen molar-refractivity contribution >= 4 is 17.1 Å². The fourth-order valence-electron chi connectivity index (χ4n) is 3.04. The predicted molar refractivity (Wildman–Crippen MR) is 101 cm³/mol. The number of quaternary nitrogens is 1. The highest BCUT2D eigenvalue weighted by molar-refractivity contribution is 5.85. The van der Waals surface area contributed by atoms with Gasteiger partial charge in [-0.05, 0) is 31.4 Å². The van der Waals surface area contributed by atoms with E-state index in [1.807, 2.05) is 51.8 Å². The topological polar surface area (TPSA) is 58.9 Å². The maximum atomic E-state index is 10.4. The van der Waals surface area contributed by atoms with E-state index in [9.17, 15) is 5.11 Å². The van der Waals surface area contributed by atoms with Crippen molar-refractivity contribution in [2.45, 2.75) is 19.8 Å². The summed E-state index contributed by atoms with van der Waals surface area (Å²) in [6.45, 7) is 3.77. The number of phenolic OH excluding ortho intramolecular Hbond substituents is 1. The minimum absolute atomic E-state index is 0.274. The zero-order valence-electron chi connectivity index (χ0n) is 15.5. The van der Waals surface area contributed by atoms with E-state index in [-0.39, 0.29) is 5.75 Å². The summed E-state index contributed by atoms with van der Waals surface area (Å²) >= 11 is 0. The van der Waals surface area contributed by atoms with Gasteiger partial charge in [0.25, 0.3) is 0 Å². The number of nitrogens with zero attached hydrogens (tertiary/aromatic N) is 4. The van der Waals surface area contributed by atoms with Crippen molar-refractivity contribution in [1.82, 2.24) is 4.90 Å². The highest BCUT2D eigenvalue weighted by Crippen LogP contribution is 2.37. The van der Waals surface area contributed by atoms with Gasteiger partial charge in [-0.2, -0.15) is 5.10 Å². The van der Waals surface area contributed by atoms with Gasteiger partial charge in [0.1, 0.15) is 17.6 Å². The van der Waals surface area contributed by atoms with Gasteiger partial charge in [0.2, 0.25) is 0 Å². The van der Waals surface area contributed by atoms with Crippen LogP contribution in [0, 0.1) is 0 Å². The molecule has 0 saturated carbocycles. The molecule has 0 saturated heterocycles. The quantitative estimate of drug-likeness (QED) is 0.607. The standard InChI is InChI=1S/C18H29N5O/c1-14(13-21(3)10-8-19-2)20-23(5)17-11-15-7-6-9-22(4)16(15)12-18(17)24/h8,10-12,19,24H,6-7,9,13H2,1-5H3/p+1/b10-8-,20-14+. The van der Waals surface area contributed by atoms with Gasteiger partial charge < -0.3 is 20.2 Å². The lowest BCUT2D eigenvalue weighted by Gasteiger charge is -2.29. The van der Waals surface area contributed by atoms with Crippen molar-refractivity contribution in [2.24, 2.45) is 5.10 Å². The largest absolute Gasteiger partial charge is 0.506 e. The van der Waals surface area contributed by atoms with E-state index in [2.05, 4.69) is 28.0 Å². The molecule has 6 heteroatoms. The number of phenols is 1. The van der Waals surface area contributed by atoms with Crippen molar-refractivity contribution in [3.63, 3.8) is 0 Å². The monoisotopic (exact) mass is 332 g/mol. The first-order valence-corrected chi connectivity index (χ1v) is 8.43. The molecular formula is C18H30N5O+. The molecule has 1 aliphatic heterocycles. The van der Waals surface area contributed by atoms with Gasteiger partial charge in [-0.15, -0.1) is 0 Å². The number of rotatable bonds is 6. The van der Waals surface area contributed by atoms with Gasteiger partial charge in [-0.25, -0.2) is 0 Å². The summed E-state index contributed by atoms with van der Waals surface area (Å²) in [7, 11) is 7.97. The fraction of sp³-hybridized carbons (Fsp3) is 0.500. The minimum Gasteiger partial charge on any atom is -0.506 e. The molecule has 0 bridgehead atoms. The highest BCUT2D eigenvalue weighted by Gasteiger charge is 2.18. The van der Waals surface area contributed by atoms with Crippen LogP contribution >= 0.6 is 0 Å². The molecule has 0 fully saturated rings. The average Bonchev–Trinajstić information content (AvgIpc) is 2.53. The Morgan fingerprint density at radius 1 is 1.42 bits per heavy atom. The Labute approximate surface area is 145 Å². The molecule has 24 heavy (non-hydrogen) atoms. The Kier molecular flexibility index (Phi) is 6.09. The second kappa shape index (κ2) is 8.06. The molecule has 0 radical (unpaired) electrons. The van der Waals surface area contributed by atoms with Gasteiger partial charge in [-0.3, -0.25) is 5.01 Å². The van der Waals surface area contributed by atoms with E-state index in [0.717, 1.165) is 43.0 Å². The molecule has 1 aliphatic rings. The van der Waals surface area contributed by atoms with Crippen LogP contribution in [-0.2, 0) is 6.42 Å². The summed E-state index contributed by atoms with van der Waals surface area (Å²) in [6, 6.07) is 3.92. The molecular weight excluding hydrogens is 302 g/mol. The number of anilines is 2. The number of aryl methyl sites for hydroxylation is 1. The summed E-state index contributed by atoms with van der Waals surface area (Å²) in [5, 5.41) is 18.8. The predicted octanol–water partition coefficient (Wildman–Crippen LogP) is 1.18. The Morgan fingerprint density at radius 2 is 2.17 bits per heavy atom. The van der Waals surface area contributed by atoms with E-state index in [4.69, 9.17) is 0 Å². The molecule has 2 rings (SSSR count). The van der Waals surface area contributed by atoms with E-state index < -0.39 is 0 Å². The lowest BCUT2D eigenvalue weighted by Crippen LogP contribution is -2.72. The maximum absolute atomic E-state index is 10.4. The van der Waals surface area contributed by atoms with Gasteiger partial charge >= 0.3 is 0 Å². The van der Waals surface area contributed by atoms with E-state index in [1.54, 1.807) is 5.01 Å². The molecule has 0 atom stereocenters. The number of benzene rings is 1. The van der Waals surface area contributed by atoms with E-state index >= 15 is 0 Å². The molecule has 132 valence electrons. The number of hydrogen-bond donors (Lipinski definition) is 2. The molecule has 3 N–H and O–H groups in total. The Morgan fingerprint density at radius 3 is 2.88 bits per heavy atom. The third kappa shape index (κ3) is 4.41. The lowest BCUT2D eigenvalue weighted by atomic mass is 10.0. The maximum Gasteiger partial charge on any atom is 0.142 e. The highest BCUT2D eigenvalue weighted by atomic mass is 16.3. The second-order valence-electron chi connectivity index (χ2n) is 6.44. The third-order valence-electron chi connectivity index (χ3n) is 4.21. The molecule has 0 amide bonds. The first kappa shape index (κ1) is 18.1. The summed E-state index contributed by atoms with van der Waals surface area (Å²) in [4.78, 5) is 4.28. The van der Waals surface area contributed by atoms with Crippen molar-refractivity contribution in [3.05, 3.63) is 30.1 Å². The summed E-state index contributed by atoms with van der Waals surface area (Å²) in [6.07, 6.45) is 6.21. The Bertz CT molecular complexity index is 626. The first-order chi connectivity index (χ1) is 11.4. The van der Waals surface area contributed by atoms with Crippen molar-refractivity contribution in [2.75, 3.05) is 51.2 Å². The summed E-state index contributed by atoms with van der Waals surface area (Å²) in [5.74, 6) is 0.274. The first-order valence-electron chi connectivity index (χ1n) is 8.43. The third-order valence-corrected chi connectivity index (χ3v) is 4.21. The van der Waals surface area contributed by atoms with Crippen LogP contribution in [0.5, 0.6) is 5.75 Å². The average molecular weight is 332 g/mol. The molecule has 0 spiro atoms. The molecule has 1 aromatic rings. The van der Waals surface area contributed by atoms with Crippen LogP contribution in [0.15, 0.2) is 29.6 Å². The van der Waals surface area contributed by atoms with Crippen LogP contribution in [-0.4, -0.2) is 57.0 Å². The van der Waals surface area contributed by atoms with Crippen LogP contribution in [0.2, 0.25) is 0 Å². The van der Waals surface area contributed by atoms with Crippen molar-refractivity contribution in [3.8, 4) is 5.75 Å². The number of fused-ring (bicyclic) bond motifs is 1. The van der Waals surface area contributed by atoms with E-state index in [1.165, 1.54) is 5.56 Å². The van der Waals surface area contributed by atoms with Crippen LogP contribution in [0.3, 0.4) is 0 Å². The zero-order chi connectivity index (χ0) is 17.7. The fourth-order valence-corrected chi connectivity index (χ4v) is 3.04. The second-order valence-corrected chi connectivity index (χ2v) is 6.44. The van der Waals surface area contributed by atoms with Gasteiger partial charge in [-0.1, -0.05) is 0 Å². The minimum atomic E-state index is 0.274. The SMILES string of the molecule is C[NH2+]/C=C\N(C)C/C(C)=N/N(C)c1cc2c(cc1O)N(C)CCC2. The van der Waals surface area contributed by atoms with Crippen LogP contribution in [0.4, 0.5) is 11.4 Å². The summed E-state index contributed by atoms with van der Waals surface area (Å²) < 4.78 is 0. The van der Waals surface area contributed by atoms with Crippen molar-refractivity contribution in [1.29, 1.82) is 0 Å². The van der Waals surface area contributed by atoms with Gasteiger partial charge in [0, 0.05) is 39.4 Å². The zero-order valence-corrected chi connectivity index (χ0v) is 15.5. The molecule has 1 aromatic carbocycles. The van der Waals surface area contributed by atoms with Crippen LogP contribution < -0.4 is 15.2 Å². The number of aromatic hydroxyl groups is 1. The Balaban J connectivity index is 2.16. The normalized spacial score (nSPS) is 14.9. The molecule has 1 heterocycles. The molecule has 0 aliphatic carbocycles. The van der Waals surface area contributed by atoms with Gasteiger partial charge in [0.05, 0.1) is 25.5 Å². The van der Waals surface area contributed by atoms with Gasteiger partial charge in [0.15, 0.2) is 0 Å².